The van der Waals surface area contributed by atoms with Gasteiger partial charge in [0.25, 0.3) is 5.91 Å². The number of carbonyl (C=O) groups excluding carboxylic acids is 2. The zero-order valence-electron chi connectivity index (χ0n) is 27.2. The Hall–Kier alpha value is -4.74. The number of fused-ring (bicyclic) bond motifs is 2. The predicted octanol–water partition coefficient (Wildman–Crippen LogP) is 3.54. The smallest absolute Gasteiger partial charge is 0.322 e. The van der Waals surface area contributed by atoms with Crippen LogP contribution < -0.4 is 20.3 Å². The molecule has 4 aliphatic rings. The molecular formula is C35H36F3N7O4. The second-order valence-corrected chi connectivity index (χ2v) is 13.5. The van der Waals surface area contributed by atoms with E-state index in [2.05, 4.69) is 36.4 Å². The second kappa shape index (κ2) is 12.3. The van der Waals surface area contributed by atoms with E-state index in [-0.39, 0.29) is 58.3 Å². The topological polar surface area (TPSA) is 133 Å². The first kappa shape index (κ1) is 32.8. The maximum Gasteiger partial charge on any atom is 0.322 e. The molecule has 3 aromatic rings. The maximum atomic E-state index is 17.0. The number of amides is 3. The van der Waals surface area contributed by atoms with Gasteiger partial charge in [0.1, 0.15) is 41.2 Å². The van der Waals surface area contributed by atoms with Crippen LogP contribution in [0.3, 0.4) is 0 Å². The molecular weight excluding hydrogens is 639 g/mol. The third kappa shape index (κ3) is 5.64. The second-order valence-electron chi connectivity index (χ2n) is 13.5. The number of aryl methyl sites for hydroxylation is 1. The van der Waals surface area contributed by atoms with Crippen LogP contribution in [0.25, 0.3) is 16.5 Å². The average Bonchev–Trinajstić information content (AvgIpc) is 3.68. The van der Waals surface area contributed by atoms with Crippen LogP contribution in [0.15, 0.2) is 24.4 Å². The number of carbonyl (C=O) groups is 2. The summed E-state index contributed by atoms with van der Waals surface area (Å²) in [5.41, 5.74) is -1.46. The van der Waals surface area contributed by atoms with E-state index in [1.54, 1.807) is 11.8 Å². The van der Waals surface area contributed by atoms with Crippen LogP contribution in [0.5, 0.6) is 6.01 Å². The van der Waals surface area contributed by atoms with Crippen molar-refractivity contribution in [3.63, 3.8) is 0 Å². The third-order valence-electron chi connectivity index (χ3n) is 10.1. The molecule has 1 spiro atoms. The number of aromatic nitrogens is 3. The molecule has 0 aliphatic carbocycles. The van der Waals surface area contributed by atoms with Crippen LogP contribution >= 0.6 is 0 Å². The Morgan fingerprint density at radius 2 is 2.04 bits per heavy atom. The minimum atomic E-state index is -1.21. The van der Waals surface area contributed by atoms with Crippen LogP contribution in [0.4, 0.5) is 23.8 Å². The summed E-state index contributed by atoms with van der Waals surface area (Å²) in [7, 11) is 0. The van der Waals surface area contributed by atoms with Gasteiger partial charge in [0.2, 0.25) is 0 Å². The number of piperidine rings is 1. The van der Waals surface area contributed by atoms with E-state index >= 15 is 4.39 Å². The summed E-state index contributed by atoms with van der Waals surface area (Å²) in [5, 5.41) is 15.7. The Morgan fingerprint density at radius 1 is 1.24 bits per heavy atom. The number of hydrogen-bond acceptors (Lipinski definition) is 9. The minimum absolute atomic E-state index is 0.0436. The van der Waals surface area contributed by atoms with Gasteiger partial charge in [0, 0.05) is 36.8 Å². The molecule has 4 fully saturated rings. The van der Waals surface area contributed by atoms with E-state index in [9.17, 15) is 23.5 Å². The number of anilines is 1. The van der Waals surface area contributed by atoms with E-state index in [1.807, 2.05) is 0 Å². The lowest BCUT2D eigenvalue weighted by atomic mass is 9.89. The number of benzene rings is 1. The van der Waals surface area contributed by atoms with Crippen molar-refractivity contribution in [2.75, 3.05) is 37.7 Å². The molecule has 3 amide bonds. The number of nitrogens with zero attached hydrogens (tertiary/aromatic N) is 5. The number of imide groups is 1. The molecule has 4 atom stereocenters. The molecule has 6 heterocycles. The zero-order chi connectivity index (χ0) is 34.7. The summed E-state index contributed by atoms with van der Waals surface area (Å²) in [5.74, 6) is 0.530. The van der Waals surface area contributed by atoms with Crippen molar-refractivity contribution in [3.05, 3.63) is 58.4 Å². The predicted molar refractivity (Wildman–Crippen MR) is 175 cm³/mol. The first-order chi connectivity index (χ1) is 23.4. The van der Waals surface area contributed by atoms with Gasteiger partial charge in [-0.05, 0) is 63.8 Å². The van der Waals surface area contributed by atoms with Crippen LogP contribution in [0.2, 0.25) is 0 Å². The molecule has 0 bridgehead atoms. The summed E-state index contributed by atoms with van der Waals surface area (Å²) < 4.78 is 52.7. The lowest BCUT2D eigenvalue weighted by Crippen LogP contribution is -2.58. The molecule has 2 aromatic heterocycles. The van der Waals surface area contributed by atoms with Gasteiger partial charge in [0.15, 0.2) is 5.82 Å². The largest absolute Gasteiger partial charge is 0.461 e. The molecule has 11 nitrogen and oxygen atoms in total. The highest BCUT2D eigenvalue weighted by atomic mass is 19.1. The molecule has 0 saturated carbocycles. The highest BCUT2D eigenvalue weighted by molar-refractivity contribution is 6.07. The zero-order valence-corrected chi connectivity index (χ0v) is 27.2. The number of hydrogen-bond donors (Lipinski definition) is 3. The number of pyridine rings is 1. The van der Waals surface area contributed by atoms with E-state index in [0.29, 0.717) is 37.9 Å². The average molecular weight is 676 g/mol. The van der Waals surface area contributed by atoms with Crippen LogP contribution in [-0.2, 0) is 4.79 Å². The van der Waals surface area contributed by atoms with E-state index in [0.717, 1.165) is 19.4 Å². The van der Waals surface area contributed by atoms with E-state index < -0.39 is 46.9 Å². The molecule has 256 valence electrons. The number of terminal acetylenes is 1. The maximum absolute atomic E-state index is 17.0. The molecule has 14 heteroatoms. The van der Waals surface area contributed by atoms with Gasteiger partial charge in [-0.2, -0.15) is 9.97 Å². The van der Waals surface area contributed by atoms with Crippen molar-refractivity contribution in [2.24, 2.45) is 0 Å². The monoisotopic (exact) mass is 675 g/mol. The number of halogens is 3. The molecule has 0 radical (unpaired) electrons. The molecule has 4 aliphatic heterocycles. The van der Waals surface area contributed by atoms with Gasteiger partial charge in [-0.3, -0.25) is 20.0 Å². The molecule has 49 heavy (non-hydrogen) atoms. The Kier molecular flexibility index (Phi) is 8.23. The van der Waals surface area contributed by atoms with Gasteiger partial charge >= 0.3 is 12.0 Å². The fourth-order valence-corrected chi connectivity index (χ4v) is 7.91. The van der Waals surface area contributed by atoms with Crippen molar-refractivity contribution in [2.45, 2.75) is 69.3 Å². The Balaban J connectivity index is 1.37. The molecule has 1 aromatic carbocycles. The van der Waals surface area contributed by atoms with Gasteiger partial charge in [0.05, 0.1) is 29.1 Å². The van der Waals surface area contributed by atoms with Crippen molar-refractivity contribution in [3.8, 4) is 18.4 Å². The fourth-order valence-electron chi connectivity index (χ4n) is 7.91. The third-order valence-corrected chi connectivity index (χ3v) is 10.1. The highest BCUT2D eigenvalue weighted by Crippen LogP contribution is 2.41. The number of urea groups is 1. The van der Waals surface area contributed by atoms with Gasteiger partial charge in [-0.25, -0.2) is 18.0 Å². The first-order valence-electron chi connectivity index (χ1n) is 16.4. The van der Waals surface area contributed by atoms with Crippen LogP contribution in [0, 0.1) is 30.9 Å². The van der Waals surface area contributed by atoms with Crippen molar-refractivity contribution >= 4 is 34.2 Å². The highest BCUT2D eigenvalue weighted by Gasteiger charge is 2.50. The summed E-state index contributed by atoms with van der Waals surface area (Å²) in [4.78, 5) is 42.5. The van der Waals surface area contributed by atoms with Gasteiger partial charge in [-0.1, -0.05) is 12.0 Å². The molecule has 4 saturated heterocycles. The van der Waals surface area contributed by atoms with E-state index in [1.165, 1.54) is 31.3 Å². The number of ether oxygens (including phenoxy) is 1. The number of alkyl halides is 1. The Bertz CT molecular complexity index is 1950. The Morgan fingerprint density at radius 3 is 2.78 bits per heavy atom. The minimum Gasteiger partial charge on any atom is -0.461 e. The van der Waals surface area contributed by atoms with Gasteiger partial charge < -0.3 is 20.1 Å². The van der Waals surface area contributed by atoms with Crippen molar-refractivity contribution < 1.29 is 32.6 Å². The summed E-state index contributed by atoms with van der Waals surface area (Å²) in [6.45, 7) is 4.77. The van der Waals surface area contributed by atoms with Crippen LogP contribution in [-0.4, -0.2) is 93.0 Å². The normalized spacial score (nSPS) is 26.2. The molecule has 2 unspecified atom stereocenters. The number of rotatable bonds is 7. The number of aliphatic hydroxyl groups excluding tert-OH is 1. The fraction of sp³-hybridized carbons (Fsp3) is 0.457. The summed E-state index contributed by atoms with van der Waals surface area (Å²) in [6, 6.07) is 1.97. The van der Waals surface area contributed by atoms with Crippen LogP contribution in [0.1, 0.15) is 61.4 Å². The van der Waals surface area contributed by atoms with E-state index in [4.69, 9.17) is 11.2 Å². The molecule has 7 rings (SSSR count). The SMILES string of the molecule is C#Cc1c(F)ccc(C)c1/C(=C\C(C)O)c1ncc2c(N3CCCC4(C3)NC(=O)NC4=O)nc(OC[C@@]34CCCN3C[C@H](F)C4)nc2c1F. The quantitative estimate of drug-likeness (QED) is 0.254. The van der Waals surface area contributed by atoms with Crippen molar-refractivity contribution in [1.82, 2.24) is 30.5 Å². The number of aliphatic hydroxyl groups is 1. The summed E-state index contributed by atoms with van der Waals surface area (Å²) in [6.07, 6.45) is 9.18. The van der Waals surface area contributed by atoms with Gasteiger partial charge in [-0.15, -0.1) is 6.42 Å². The number of nitrogens with one attached hydrogen (secondary N) is 2. The lowest BCUT2D eigenvalue weighted by molar-refractivity contribution is -0.124. The summed E-state index contributed by atoms with van der Waals surface area (Å²) >= 11 is 0. The van der Waals surface area contributed by atoms with Crippen molar-refractivity contribution in [1.29, 1.82) is 0 Å². The standard InChI is InChI=1S/C35H36F3N7O4/c1-4-22-25(37)8-7-19(2)26(22)23(13-20(3)46)28-27(38)29-24(15-39-28)30(44-11-6-10-35(17-44)31(47)42-32(48)43-35)41-33(40-29)49-18-34-9-5-12-45(34)16-21(36)14-34/h1,7-8,13,15,20-21,46H,5-6,9-12,14,16-18H2,2-3H3,(H2,42,43,47,48)/b23-13+/t20?,21-,34+,35?/m1/s1. The molecule has 3 N–H and O–H groups in total. The lowest BCUT2D eigenvalue weighted by Gasteiger charge is -2.39. The first-order valence-corrected chi connectivity index (χ1v) is 16.4. The Labute approximate surface area is 280 Å².